The molecule has 0 aliphatic heterocycles. The Hall–Kier alpha value is -1.48. The van der Waals surface area contributed by atoms with Crippen LogP contribution in [0.25, 0.3) is 11.3 Å². The van der Waals surface area contributed by atoms with Gasteiger partial charge in [0.05, 0.1) is 5.69 Å². The molecule has 0 fully saturated rings. The number of pyridine rings is 1. The number of aromatic nitrogens is 3. The van der Waals surface area contributed by atoms with Crippen LogP contribution in [0.4, 0.5) is 0 Å². The Bertz CT molecular complexity index is 385. The molecule has 2 aromatic rings. The van der Waals surface area contributed by atoms with E-state index in [1.165, 1.54) is 0 Å². The Morgan fingerprint density at radius 1 is 1.00 bits per heavy atom. The first-order valence-electron chi connectivity index (χ1n) is 3.75. The summed E-state index contributed by atoms with van der Waals surface area (Å²) in [6.07, 6.45) is 5.03. The topological polar surface area (TPSA) is 38.7 Å². The van der Waals surface area contributed by atoms with E-state index in [0.29, 0.717) is 0 Å². The number of halogens is 1. The van der Waals surface area contributed by atoms with Gasteiger partial charge in [-0.25, -0.2) is 9.97 Å². The largest absolute Gasteiger partial charge is 0.256 e. The molecule has 4 heteroatoms. The predicted octanol–water partition coefficient (Wildman–Crippen LogP) is 2.19. The minimum absolute atomic E-state index is 0.250. The number of nitrogens with zero attached hydrogens (tertiary/aromatic N) is 3. The molecule has 2 heterocycles. The van der Waals surface area contributed by atoms with Crippen molar-refractivity contribution in [1.29, 1.82) is 0 Å². The minimum Gasteiger partial charge on any atom is -0.256 e. The lowest BCUT2D eigenvalue weighted by Gasteiger charge is -1.97. The van der Waals surface area contributed by atoms with Gasteiger partial charge in [0.2, 0.25) is 5.28 Å². The van der Waals surface area contributed by atoms with E-state index in [9.17, 15) is 0 Å². The molecular formula is C9H6ClN3. The summed E-state index contributed by atoms with van der Waals surface area (Å²) in [6.45, 7) is 0. The van der Waals surface area contributed by atoms with Gasteiger partial charge in [0.15, 0.2) is 0 Å². The van der Waals surface area contributed by atoms with E-state index in [-0.39, 0.29) is 5.28 Å². The van der Waals surface area contributed by atoms with Crippen molar-refractivity contribution in [1.82, 2.24) is 15.0 Å². The van der Waals surface area contributed by atoms with Gasteiger partial charge in [0.25, 0.3) is 0 Å². The first-order valence-corrected chi connectivity index (χ1v) is 4.13. The van der Waals surface area contributed by atoms with Gasteiger partial charge in [-0.15, -0.1) is 0 Å². The highest BCUT2D eigenvalue weighted by Crippen LogP contribution is 2.14. The lowest BCUT2D eigenvalue weighted by atomic mass is 10.2. The van der Waals surface area contributed by atoms with E-state index in [0.717, 1.165) is 11.3 Å². The second-order valence-electron chi connectivity index (χ2n) is 2.46. The van der Waals surface area contributed by atoms with Gasteiger partial charge >= 0.3 is 0 Å². The third kappa shape index (κ3) is 1.81. The van der Waals surface area contributed by atoms with E-state index >= 15 is 0 Å². The van der Waals surface area contributed by atoms with Gasteiger partial charge < -0.3 is 0 Å². The van der Waals surface area contributed by atoms with Gasteiger partial charge in [0.1, 0.15) is 0 Å². The van der Waals surface area contributed by atoms with Crippen molar-refractivity contribution in [2.45, 2.75) is 0 Å². The van der Waals surface area contributed by atoms with Crippen LogP contribution in [0, 0.1) is 0 Å². The number of hydrogen-bond acceptors (Lipinski definition) is 3. The second kappa shape index (κ2) is 3.49. The van der Waals surface area contributed by atoms with Gasteiger partial charge in [-0.05, 0) is 23.7 Å². The summed E-state index contributed by atoms with van der Waals surface area (Å²) in [5, 5.41) is 0.250. The van der Waals surface area contributed by atoms with Crippen LogP contribution in [-0.2, 0) is 0 Å². The maximum Gasteiger partial charge on any atom is 0.222 e. The fourth-order valence-corrected chi connectivity index (χ4v) is 1.08. The molecule has 0 saturated heterocycles. The summed E-state index contributed by atoms with van der Waals surface area (Å²) in [5.41, 5.74) is 1.71. The Labute approximate surface area is 80.5 Å². The van der Waals surface area contributed by atoms with Crippen molar-refractivity contribution in [3.63, 3.8) is 0 Å². The average Bonchev–Trinajstić information content (AvgIpc) is 2.20. The molecule has 0 saturated carbocycles. The molecule has 3 nitrogen and oxygen atoms in total. The monoisotopic (exact) mass is 191 g/mol. The molecule has 0 amide bonds. The molecule has 0 radical (unpaired) electrons. The van der Waals surface area contributed by atoms with Crippen molar-refractivity contribution >= 4 is 11.6 Å². The Balaban J connectivity index is 2.42. The molecule has 13 heavy (non-hydrogen) atoms. The van der Waals surface area contributed by atoms with Crippen LogP contribution in [0.5, 0.6) is 0 Å². The fourth-order valence-electron chi connectivity index (χ4n) is 0.978. The Morgan fingerprint density at radius 3 is 2.38 bits per heavy atom. The van der Waals surface area contributed by atoms with E-state index < -0.39 is 0 Å². The van der Waals surface area contributed by atoms with Crippen LogP contribution in [0.3, 0.4) is 0 Å². The van der Waals surface area contributed by atoms with Crippen molar-refractivity contribution in [2.75, 3.05) is 0 Å². The van der Waals surface area contributed by atoms with Gasteiger partial charge in [-0.3, -0.25) is 4.98 Å². The highest BCUT2D eigenvalue weighted by Gasteiger charge is 1.98. The number of rotatable bonds is 1. The van der Waals surface area contributed by atoms with Crippen molar-refractivity contribution in [3.8, 4) is 11.3 Å². The van der Waals surface area contributed by atoms with Crippen LogP contribution in [0.1, 0.15) is 0 Å². The minimum atomic E-state index is 0.250. The Morgan fingerprint density at radius 2 is 1.77 bits per heavy atom. The fraction of sp³-hybridized carbons (Fsp3) is 0. The van der Waals surface area contributed by atoms with Gasteiger partial charge in [0, 0.05) is 24.2 Å². The number of hydrogen-bond donors (Lipinski definition) is 0. The van der Waals surface area contributed by atoms with Crippen molar-refractivity contribution in [2.24, 2.45) is 0 Å². The summed E-state index contributed by atoms with van der Waals surface area (Å²) in [7, 11) is 0. The lowest BCUT2D eigenvalue weighted by molar-refractivity contribution is 1.16. The predicted molar refractivity (Wildman–Crippen MR) is 50.3 cm³/mol. The summed E-state index contributed by atoms with van der Waals surface area (Å²) in [4.78, 5) is 11.9. The molecule has 0 aliphatic rings. The van der Waals surface area contributed by atoms with E-state index in [1.807, 2.05) is 18.2 Å². The molecular weight excluding hydrogens is 186 g/mol. The molecule has 2 aromatic heterocycles. The summed E-state index contributed by atoms with van der Waals surface area (Å²) < 4.78 is 0. The third-order valence-corrected chi connectivity index (χ3v) is 1.78. The van der Waals surface area contributed by atoms with E-state index in [1.54, 1.807) is 18.6 Å². The zero-order chi connectivity index (χ0) is 9.10. The van der Waals surface area contributed by atoms with Crippen LogP contribution in [0.2, 0.25) is 5.28 Å². The molecule has 0 aromatic carbocycles. The average molecular weight is 192 g/mol. The maximum atomic E-state index is 5.56. The molecule has 0 spiro atoms. The highest BCUT2D eigenvalue weighted by molar-refractivity contribution is 6.28. The second-order valence-corrected chi connectivity index (χ2v) is 2.79. The van der Waals surface area contributed by atoms with Crippen LogP contribution >= 0.6 is 11.6 Å². The SMILES string of the molecule is Clc1ncc(-c2ccccn2)cn1. The third-order valence-electron chi connectivity index (χ3n) is 1.58. The molecule has 64 valence electrons. The molecule has 0 atom stereocenters. The van der Waals surface area contributed by atoms with Crippen LogP contribution in [-0.4, -0.2) is 15.0 Å². The highest BCUT2D eigenvalue weighted by atomic mass is 35.5. The molecule has 0 N–H and O–H groups in total. The molecule has 0 bridgehead atoms. The van der Waals surface area contributed by atoms with E-state index in [4.69, 9.17) is 11.6 Å². The van der Waals surface area contributed by atoms with E-state index in [2.05, 4.69) is 15.0 Å². The zero-order valence-corrected chi connectivity index (χ0v) is 7.44. The summed E-state index contributed by atoms with van der Waals surface area (Å²) in [5.74, 6) is 0. The molecule has 2 rings (SSSR count). The van der Waals surface area contributed by atoms with Crippen molar-refractivity contribution in [3.05, 3.63) is 42.1 Å². The van der Waals surface area contributed by atoms with Crippen LogP contribution < -0.4 is 0 Å². The first kappa shape index (κ1) is 8.13. The van der Waals surface area contributed by atoms with Crippen molar-refractivity contribution < 1.29 is 0 Å². The Kier molecular flexibility index (Phi) is 2.19. The van der Waals surface area contributed by atoms with Gasteiger partial charge in [-0.2, -0.15) is 0 Å². The zero-order valence-electron chi connectivity index (χ0n) is 6.68. The van der Waals surface area contributed by atoms with Gasteiger partial charge in [-0.1, -0.05) is 6.07 Å². The lowest BCUT2D eigenvalue weighted by Crippen LogP contribution is -1.86. The standard InChI is InChI=1S/C9H6ClN3/c10-9-12-5-7(6-13-9)8-3-1-2-4-11-8/h1-6H. The molecule has 0 unspecified atom stereocenters. The first-order chi connectivity index (χ1) is 6.36. The smallest absolute Gasteiger partial charge is 0.222 e. The molecule has 0 aliphatic carbocycles. The maximum absolute atomic E-state index is 5.56. The quantitative estimate of drug-likeness (QED) is 0.649. The normalized spacial score (nSPS) is 9.92. The summed E-state index contributed by atoms with van der Waals surface area (Å²) in [6, 6.07) is 5.67. The summed E-state index contributed by atoms with van der Waals surface area (Å²) >= 11 is 5.56. The van der Waals surface area contributed by atoms with Crippen LogP contribution in [0.15, 0.2) is 36.8 Å².